The molecule has 20 heavy (non-hydrogen) atoms. The second-order valence-electron chi connectivity index (χ2n) is 4.98. The van der Waals surface area contributed by atoms with Gasteiger partial charge in [-0.25, -0.2) is 0 Å². The van der Waals surface area contributed by atoms with E-state index in [0.717, 1.165) is 16.7 Å². The van der Waals surface area contributed by atoms with E-state index in [4.69, 9.17) is 0 Å². The summed E-state index contributed by atoms with van der Waals surface area (Å²) in [5.41, 5.74) is 2.96. The molecule has 0 amide bonds. The molecule has 2 atom stereocenters. The zero-order chi connectivity index (χ0) is 14.5. The van der Waals surface area contributed by atoms with E-state index >= 15 is 0 Å². The summed E-state index contributed by atoms with van der Waals surface area (Å²) in [4.78, 5) is 11.5. The van der Waals surface area contributed by atoms with Crippen molar-refractivity contribution in [2.75, 3.05) is 0 Å². The second-order valence-corrected chi connectivity index (χ2v) is 4.98. The van der Waals surface area contributed by atoms with Crippen LogP contribution in [-0.2, 0) is 4.79 Å². The van der Waals surface area contributed by atoms with Crippen LogP contribution in [0.1, 0.15) is 35.7 Å². The van der Waals surface area contributed by atoms with Gasteiger partial charge in [-0.3, -0.25) is 10.1 Å². The van der Waals surface area contributed by atoms with Crippen LogP contribution in [0.5, 0.6) is 0 Å². The van der Waals surface area contributed by atoms with Gasteiger partial charge in [0.25, 0.3) is 0 Å². The molecule has 2 unspecified atom stereocenters. The van der Waals surface area contributed by atoms with Gasteiger partial charge < -0.3 is 5.11 Å². The standard InChI is InChI=1S/C17H19NO2/c1-12-8-10-15(11-9-12)16(17(19)20)18-13(2)14-6-4-3-5-7-14/h3-11,13,16,18H,1-2H3,(H,19,20). The third-order valence-corrected chi connectivity index (χ3v) is 3.37. The number of carboxylic acids is 1. The Labute approximate surface area is 119 Å². The molecule has 0 aliphatic heterocycles. The monoisotopic (exact) mass is 269 g/mol. The summed E-state index contributed by atoms with van der Waals surface area (Å²) < 4.78 is 0. The minimum Gasteiger partial charge on any atom is -0.480 e. The molecule has 2 N–H and O–H groups in total. The highest BCUT2D eigenvalue weighted by atomic mass is 16.4. The zero-order valence-corrected chi connectivity index (χ0v) is 11.7. The SMILES string of the molecule is Cc1ccc(C(NC(C)c2ccccc2)C(=O)O)cc1. The Morgan fingerprint density at radius 3 is 2.15 bits per heavy atom. The van der Waals surface area contributed by atoms with E-state index in [-0.39, 0.29) is 6.04 Å². The molecule has 0 aliphatic carbocycles. The first-order chi connectivity index (χ1) is 9.58. The normalized spacial score (nSPS) is 13.7. The van der Waals surface area contributed by atoms with E-state index in [0.29, 0.717) is 0 Å². The Kier molecular flexibility index (Phi) is 4.53. The number of aryl methyl sites for hydroxylation is 1. The highest BCUT2D eigenvalue weighted by molar-refractivity contribution is 5.75. The van der Waals surface area contributed by atoms with Gasteiger partial charge in [0, 0.05) is 6.04 Å². The summed E-state index contributed by atoms with van der Waals surface area (Å²) in [5, 5.41) is 12.6. The van der Waals surface area contributed by atoms with Crippen LogP contribution >= 0.6 is 0 Å². The van der Waals surface area contributed by atoms with Gasteiger partial charge in [-0.2, -0.15) is 0 Å². The number of nitrogens with one attached hydrogen (secondary N) is 1. The van der Waals surface area contributed by atoms with Gasteiger partial charge in [0.15, 0.2) is 0 Å². The molecule has 0 aliphatic rings. The van der Waals surface area contributed by atoms with Gasteiger partial charge in [0.2, 0.25) is 0 Å². The summed E-state index contributed by atoms with van der Waals surface area (Å²) in [6.07, 6.45) is 0. The smallest absolute Gasteiger partial charge is 0.325 e. The van der Waals surface area contributed by atoms with Crippen LogP contribution in [-0.4, -0.2) is 11.1 Å². The topological polar surface area (TPSA) is 49.3 Å². The fourth-order valence-electron chi connectivity index (χ4n) is 2.16. The number of rotatable bonds is 5. The van der Waals surface area contributed by atoms with E-state index in [1.165, 1.54) is 0 Å². The Hall–Kier alpha value is -2.13. The van der Waals surface area contributed by atoms with Crippen LogP contribution in [0.4, 0.5) is 0 Å². The molecule has 0 spiro atoms. The van der Waals surface area contributed by atoms with Crippen LogP contribution in [0.2, 0.25) is 0 Å². The Balaban J connectivity index is 2.18. The van der Waals surface area contributed by atoms with E-state index in [1.807, 2.05) is 68.4 Å². The lowest BCUT2D eigenvalue weighted by molar-refractivity contribution is -0.139. The molecule has 0 heterocycles. The largest absolute Gasteiger partial charge is 0.480 e. The van der Waals surface area contributed by atoms with Crippen LogP contribution in [0.15, 0.2) is 54.6 Å². The molecule has 2 aromatic carbocycles. The molecule has 0 aromatic heterocycles. The number of carbonyl (C=O) groups is 1. The summed E-state index contributed by atoms with van der Waals surface area (Å²) in [6.45, 7) is 3.96. The van der Waals surface area contributed by atoms with Crippen molar-refractivity contribution in [3.8, 4) is 0 Å². The van der Waals surface area contributed by atoms with Gasteiger partial charge >= 0.3 is 5.97 Å². The lowest BCUT2D eigenvalue weighted by Crippen LogP contribution is -2.30. The molecule has 0 saturated carbocycles. The maximum absolute atomic E-state index is 11.5. The van der Waals surface area contributed by atoms with Gasteiger partial charge in [-0.1, -0.05) is 60.2 Å². The van der Waals surface area contributed by atoms with E-state index in [1.54, 1.807) is 0 Å². The third-order valence-electron chi connectivity index (χ3n) is 3.37. The Morgan fingerprint density at radius 2 is 1.60 bits per heavy atom. The second kappa shape index (κ2) is 6.35. The lowest BCUT2D eigenvalue weighted by atomic mass is 10.0. The molecule has 2 rings (SSSR count). The van der Waals surface area contributed by atoms with E-state index in [9.17, 15) is 9.90 Å². The van der Waals surface area contributed by atoms with Crippen LogP contribution in [0.3, 0.4) is 0 Å². The Morgan fingerprint density at radius 1 is 1.00 bits per heavy atom. The summed E-state index contributed by atoms with van der Waals surface area (Å²) in [7, 11) is 0. The first kappa shape index (κ1) is 14.3. The molecule has 0 radical (unpaired) electrons. The summed E-state index contributed by atoms with van der Waals surface area (Å²) >= 11 is 0. The van der Waals surface area contributed by atoms with Gasteiger partial charge in [-0.15, -0.1) is 0 Å². The maximum atomic E-state index is 11.5. The molecule has 3 heteroatoms. The first-order valence-electron chi connectivity index (χ1n) is 6.68. The minimum atomic E-state index is -0.864. The quantitative estimate of drug-likeness (QED) is 0.873. The molecule has 0 fully saturated rings. The van der Waals surface area contributed by atoms with E-state index < -0.39 is 12.0 Å². The maximum Gasteiger partial charge on any atom is 0.325 e. The summed E-state index contributed by atoms with van der Waals surface area (Å²) in [5.74, 6) is -0.864. The molecule has 104 valence electrons. The predicted molar refractivity (Wildman–Crippen MR) is 79.5 cm³/mol. The number of hydrogen-bond acceptors (Lipinski definition) is 2. The fourth-order valence-corrected chi connectivity index (χ4v) is 2.16. The molecule has 0 bridgehead atoms. The average molecular weight is 269 g/mol. The Bertz CT molecular complexity index is 563. The minimum absolute atomic E-state index is 0.0291. The first-order valence-corrected chi connectivity index (χ1v) is 6.68. The van der Waals surface area contributed by atoms with Crippen molar-refractivity contribution in [1.82, 2.24) is 5.32 Å². The van der Waals surface area contributed by atoms with Crippen LogP contribution in [0, 0.1) is 6.92 Å². The van der Waals surface area contributed by atoms with Crippen molar-refractivity contribution in [3.63, 3.8) is 0 Å². The summed E-state index contributed by atoms with van der Waals surface area (Å²) in [6, 6.07) is 16.7. The average Bonchev–Trinajstić information content (AvgIpc) is 2.46. The molecule has 0 saturated heterocycles. The molecular formula is C17H19NO2. The van der Waals surface area contributed by atoms with Gasteiger partial charge in [-0.05, 0) is 25.0 Å². The lowest BCUT2D eigenvalue weighted by Gasteiger charge is -2.21. The van der Waals surface area contributed by atoms with Crippen LogP contribution < -0.4 is 5.32 Å². The van der Waals surface area contributed by atoms with Crippen LogP contribution in [0.25, 0.3) is 0 Å². The van der Waals surface area contributed by atoms with Crippen molar-refractivity contribution in [2.24, 2.45) is 0 Å². The van der Waals surface area contributed by atoms with Crippen molar-refractivity contribution < 1.29 is 9.90 Å². The fraction of sp³-hybridized carbons (Fsp3) is 0.235. The third kappa shape index (κ3) is 3.45. The zero-order valence-electron chi connectivity index (χ0n) is 11.7. The molecular weight excluding hydrogens is 250 g/mol. The highest BCUT2D eigenvalue weighted by Crippen LogP contribution is 2.20. The predicted octanol–water partition coefficient (Wildman–Crippen LogP) is 3.47. The van der Waals surface area contributed by atoms with Crippen molar-refractivity contribution in [1.29, 1.82) is 0 Å². The van der Waals surface area contributed by atoms with Crippen molar-refractivity contribution in [2.45, 2.75) is 25.9 Å². The molecule has 2 aromatic rings. The highest BCUT2D eigenvalue weighted by Gasteiger charge is 2.21. The number of aliphatic carboxylic acids is 1. The molecule has 3 nitrogen and oxygen atoms in total. The van der Waals surface area contributed by atoms with E-state index in [2.05, 4.69) is 5.32 Å². The number of benzene rings is 2. The van der Waals surface area contributed by atoms with Crippen molar-refractivity contribution in [3.05, 3.63) is 71.3 Å². The number of hydrogen-bond donors (Lipinski definition) is 2. The van der Waals surface area contributed by atoms with Gasteiger partial charge in [0.1, 0.15) is 6.04 Å². The van der Waals surface area contributed by atoms with Gasteiger partial charge in [0.05, 0.1) is 0 Å². The number of carboxylic acid groups (broad SMARTS) is 1. The van der Waals surface area contributed by atoms with Crippen molar-refractivity contribution >= 4 is 5.97 Å².